The number of carbonyl (C=O) groups excluding carboxylic acids is 2. The number of amides is 2. The Labute approximate surface area is 172 Å². The fourth-order valence-corrected chi connectivity index (χ4v) is 3.74. The van der Waals surface area contributed by atoms with Crippen molar-refractivity contribution in [2.75, 3.05) is 18.4 Å². The molecule has 2 aromatic carbocycles. The molecule has 29 heavy (non-hydrogen) atoms. The van der Waals surface area contributed by atoms with Crippen LogP contribution in [-0.4, -0.2) is 29.8 Å². The van der Waals surface area contributed by atoms with Crippen LogP contribution < -0.4 is 5.32 Å². The van der Waals surface area contributed by atoms with Gasteiger partial charge in [-0.05, 0) is 54.5 Å². The van der Waals surface area contributed by atoms with Crippen LogP contribution in [0.1, 0.15) is 55.1 Å². The molecule has 0 radical (unpaired) electrons. The van der Waals surface area contributed by atoms with Crippen molar-refractivity contribution in [3.63, 3.8) is 0 Å². The Morgan fingerprint density at radius 1 is 1.14 bits per heavy atom. The highest BCUT2D eigenvalue weighted by Gasteiger charge is 2.30. The molecule has 0 bridgehead atoms. The van der Waals surface area contributed by atoms with E-state index in [1.807, 2.05) is 24.3 Å². The van der Waals surface area contributed by atoms with Gasteiger partial charge in [-0.3, -0.25) is 9.59 Å². The topological polar surface area (TPSA) is 49.4 Å². The molecule has 1 heterocycles. The number of likely N-dealkylation sites (tertiary alicyclic amines) is 1. The predicted molar refractivity (Wildman–Crippen MR) is 114 cm³/mol. The lowest BCUT2D eigenvalue weighted by Gasteiger charge is -2.32. The molecule has 0 saturated carbocycles. The van der Waals surface area contributed by atoms with E-state index in [1.54, 1.807) is 24.0 Å². The Bertz CT molecular complexity index is 897. The lowest BCUT2D eigenvalue weighted by atomic mass is 9.87. The van der Waals surface area contributed by atoms with Gasteiger partial charge in [0.2, 0.25) is 5.91 Å². The summed E-state index contributed by atoms with van der Waals surface area (Å²) in [7, 11) is 0. The van der Waals surface area contributed by atoms with E-state index in [9.17, 15) is 14.0 Å². The standard InChI is InChI=1S/C24H29FN2O2/c1-16-8-5-12-20(25)21(16)23(29)27-13-7-9-17(15-27)22(28)26-19-11-6-10-18(14-19)24(2,3)4/h5-6,8,10-12,14,17H,7,9,13,15H2,1-4H3,(H,26,28)/t17-/m0/s1. The SMILES string of the molecule is Cc1cccc(F)c1C(=O)N1CCC[C@H](C(=O)Nc2cccc(C(C)(C)C)c2)C1. The van der Waals surface area contributed by atoms with Gasteiger partial charge >= 0.3 is 0 Å². The summed E-state index contributed by atoms with van der Waals surface area (Å²) < 4.78 is 14.2. The summed E-state index contributed by atoms with van der Waals surface area (Å²) in [5.74, 6) is -1.26. The average Bonchev–Trinajstić information content (AvgIpc) is 2.67. The minimum absolute atomic E-state index is 0.00753. The molecule has 154 valence electrons. The first kappa shape index (κ1) is 21.0. The fourth-order valence-electron chi connectivity index (χ4n) is 3.74. The molecule has 1 atom stereocenters. The Balaban J connectivity index is 1.71. The molecule has 1 fully saturated rings. The zero-order valence-corrected chi connectivity index (χ0v) is 17.6. The van der Waals surface area contributed by atoms with Crippen LogP contribution in [0.3, 0.4) is 0 Å². The van der Waals surface area contributed by atoms with Gasteiger partial charge in [0.25, 0.3) is 5.91 Å². The van der Waals surface area contributed by atoms with Crippen molar-refractivity contribution in [3.05, 3.63) is 65.0 Å². The molecular weight excluding hydrogens is 367 g/mol. The Kier molecular flexibility index (Phi) is 6.06. The van der Waals surface area contributed by atoms with Gasteiger partial charge in [0.05, 0.1) is 11.5 Å². The van der Waals surface area contributed by atoms with E-state index in [0.717, 1.165) is 17.7 Å². The van der Waals surface area contributed by atoms with Gasteiger partial charge in [0, 0.05) is 18.8 Å². The third-order valence-corrected chi connectivity index (χ3v) is 5.51. The van der Waals surface area contributed by atoms with Gasteiger partial charge in [0.15, 0.2) is 0 Å². The smallest absolute Gasteiger partial charge is 0.257 e. The number of aryl methyl sites for hydroxylation is 1. The molecule has 1 saturated heterocycles. The molecule has 2 aromatic rings. The predicted octanol–water partition coefficient (Wildman–Crippen LogP) is 4.92. The van der Waals surface area contributed by atoms with Crippen LogP contribution >= 0.6 is 0 Å². The second-order valence-corrected chi connectivity index (χ2v) is 8.84. The van der Waals surface area contributed by atoms with Crippen molar-refractivity contribution in [2.45, 2.75) is 46.0 Å². The van der Waals surface area contributed by atoms with Crippen LogP contribution in [0.4, 0.5) is 10.1 Å². The average molecular weight is 397 g/mol. The maximum Gasteiger partial charge on any atom is 0.257 e. The monoisotopic (exact) mass is 396 g/mol. The summed E-state index contributed by atoms with van der Waals surface area (Å²) in [6, 6.07) is 12.5. The maximum atomic E-state index is 14.2. The van der Waals surface area contributed by atoms with Gasteiger partial charge in [-0.1, -0.05) is 45.0 Å². The minimum atomic E-state index is -0.513. The molecule has 0 aromatic heterocycles. The number of nitrogens with zero attached hydrogens (tertiary/aromatic N) is 1. The molecule has 2 amide bonds. The number of benzene rings is 2. The summed E-state index contributed by atoms with van der Waals surface area (Å²) in [4.78, 5) is 27.3. The summed E-state index contributed by atoms with van der Waals surface area (Å²) in [6.45, 7) is 8.95. The van der Waals surface area contributed by atoms with Gasteiger partial charge < -0.3 is 10.2 Å². The van der Waals surface area contributed by atoms with Crippen molar-refractivity contribution in [2.24, 2.45) is 5.92 Å². The lowest BCUT2D eigenvalue weighted by molar-refractivity contribution is -0.121. The van der Waals surface area contributed by atoms with Crippen molar-refractivity contribution in [1.29, 1.82) is 0 Å². The van der Waals surface area contributed by atoms with Crippen LogP contribution in [0.25, 0.3) is 0 Å². The third kappa shape index (κ3) is 4.84. The van der Waals surface area contributed by atoms with E-state index in [4.69, 9.17) is 0 Å². The number of hydrogen-bond donors (Lipinski definition) is 1. The number of anilines is 1. The highest BCUT2D eigenvalue weighted by molar-refractivity contribution is 5.97. The van der Waals surface area contributed by atoms with E-state index in [0.29, 0.717) is 25.1 Å². The molecule has 1 aliphatic rings. The van der Waals surface area contributed by atoms with Crippen molar-refractivity contribution >= 4 is 17.5 Å². The zero-order valence-electron chi connectivity index (χ0n) is 17.6. The van der Waals surface area contributed by atoms with Gasteiger partial charge in [0.1, 0.15) is 5.82 Å². The van der Waals surface area contributed by atoms with Crippen LogP contribution in [-0.2, 0) is 10.2 Å². The fraction of sp³-hybridized carbons (Fsp3) is 0.417. The first-order valence-corrected chi connectivity index (χ1v) is 10.1. The van der Waals surface area contributed by atoms with E-state index >= 15 is 0 Å². The number of piperidine rings is 1. The number of rotatable bonds is 3. The molecule has 1 aliphatic heterocycles. The number of nitrogens with one attached hydrogen (secondary N) is 1. The van der Waals surface area contributed by atoms with E-state index < -0.39 is 5.82 Å². The molecule has 1 N–H and O–H groups in total. The summed E-state index contributed by atoms with van der Waals surface area (Å²) in [5.41, 5.74) is 2.61. The maximum absolute atomic E-state index is 14.2. The molecule has 0 unspecified atom stereocenters. The Morgan fingerprint density at radius 2 is 1.86 bits per heavy atom. The van der Waals surface area contributed by atoms with Crippen molar-refractivity contribution in [3.8, 4) is 0 Å². The summed E-state index contributed by atoms with van der Waals surface area (Å²) >= 11 is 0. The van der Waals surface area contributed by atoms with Crippen LogP contribution in [0, 0.1) is 18.7 Å². The van der Waals surface area contributed by atoms with Gasteiger partial charge in [-0.15, -0.1) is 0 Å². The lowest BCUT2D eigenvalue weighted by Crippen LogP contribution is -2.44. The van der Waals surface area contributed by atoms with Gasteiger partial charge in [-0.25, -0.2) is 4.39 Å². The number of hydrogen-bond acceptors (Lipinski definition) is 2. The highest BCUT2D eigenvalue weighted by atomic mass is 19.1. The second kappa shape index (κ2) is 8.36. The number of halogens is 1. The quantitative estimate of drug-likeness (QED) is 0.800. The normalized spacial score (nSPS) is 17.1. The molecule has 0 spiro atoms. The summed E-state index contributed by atoms with van der Waals surface area (Å²) in [5, 5.41) is 3.00. The Hall–Kier alpha value is -2.69. The highest BCUT2D eigenvalue weighted by Crippen LogP contribution is 2.26. The zero-order chi connectivity index (χ0) is 21.2. The third-order valence-electron chi connectivity index (χ3n) is 5.51. The van der Waals surface area contributed by atoms with Crippen LogP contribution in [0.15, 0.2) is 42.5 Å². The van der Waals surface area contributed by atoms with Crippen molar-refractivity contribution < 1.29 is 14.0 Å². The molecule has 5 heteroatoms. The molecule has 0 aliphatic carbocycles. The molecule has 4 nitrogen and oxygen atoms in total. The van der Waals surface area contributed by atoms with Gasteiger partial charge in [-0.2, -0.15) is 0 Å². The van der Waals surface area contributed by atoms with E-state index in [2.05, 4.69) is 26.1 Å². The molecule has 3 rings (SSSR count). The summed E-state index contributed by atoms with van der Waals surface area (Å²) in [6.07, 6.45) is 1.43. The van der Waals surface area contributed by atoms with E-state index in [1.165, 1.54) is 6.07 Å². The number of carbonyl (C=O) groups is 2. The van der Waals surface area contributed by atoms with Crippen LogP contribution in [0.2, 0.25) is 0 Å². The minimum Gasteiger partial charge on any atom is -0.338 e. The second-order valence-electron chi connectivity index (χ2n) is 8.84. The first-order valence-electron chi connectivity index (χ1n) is 10.1. The Morgan fingerprint density at radius 3 is 2.55 bits per heavy atom. The first-order chi connectivity index (χ1) is 13.7. The van der Waals surface area contributed by atoms with Crippen molar-refractivity contribution in [1.82, 2.24) is 4.90 Å². The van der Waals surface area contributed by atoms with E-state index in [-0.39, 0.29) is 28.7 Å². The van der Waals surface area contributed by atoms with Crippen LogP contribution in [0.5, 0.6) is 0 Å². The largest absolute Gasteiger partial charge is 0.338 e. The molecular formula is C24H29FN2O2.